The van der Waals surface area contributed by atoms with Gasteiger partial charge in [-0.25, -0.2) is 4.98 Å². The Morgan fingerprint density at radius 3 is 2.46 bits per heavy atom. The van der Waals surface area contributed by atoms with E-state index in [1.165, 1.54) is 17.3 Å². The van der Waals surface area contributed by atoms with Crippen molar-refractivity contribution in [3.63, 3.8) is 0 Å². The summed E-state index contributed by atoms with van der Waals surface area (Å²) in [6.07, 6.45) is 2.84. The fourth-order valence-electron chi connectivity index (χ4n) is 2.79. The van der Waals surface area contributed by atoms with Crippen molar-refractivity contribution in [1.29, 1.82) is 0 Å². The molecule has 0 radical (unpaired) electrons. The second-order valence-electron chi connectivity index (χ2n) is 7.64. The van der Waals surface area contributed by atoms with Crippen LogP contribution in [0, 0.1) is 0 Å². The van der Waals surface area contributed by atoms with Gasteiger partial charge in [0.25, 0.3) is 0 Å². The molecule has 0 spiro atoms. The quantitative estimate of drug-likeness (QED) is 0.435. The number of aromatic nitrogens is 2. The molecule has 0 saturated carbocycles. The summed E-state index contributed by atoms with van der Waals surface area (Å²) in [6, 6.07) is 9.31. The molecule has 0 aliphatic rings. The molecule has 2 aromatic rings. The molecule has 0 unspecified atom stereocenters. The van der Waals surface area contributed by atoms with Crippen LogP contribution in [0.5, 0.6) is 0 Å². The van der Waals surface area contributed by atoms with E-state index in [1.54, 1.807) is 0 Å². The third kappa shape index (κ3) is 4.95. The third-order valence-corrected chi connectivity index (χ3v) is 6.07. The Morgan fingerprint density at radius 2 is 1.88 bits per heavy atom. The maximum atomic E-state index is 5.94. The molecule has 0 aliphatic carbocycles. The highest BCUT2D eigenvalue weighted by molar-refractivity contribution is 6.76. The van der Waals surface area contributed by atoms with Crippen molar-refractivity contribution in [2.75, 3.05) is 12.3 Å². The molecule has 24 heavy (non-hydrogen) atoms. The molecule has 1 aromatic carbocycles. The first-order valence-electron chi connectivity index (χ1n) is 8.79. The van der Waals surface area contributed by atoms with Gasteiger partial charge >= 0.3 is 0 Å². The van der Waals surface area contributed by atoms with Gasteiger partial charge in [-0.3, -0.25) is 0 Å². The van der Waals surface area contributed by atoms with Crippen molar-refractivity contribution in [2.45, 2.75) is 58.6 Å². The van der Waals surface area contributed by atoms with Crippen LogP contribution in [0.4, 0.5) is 5.69 Å². The van der Waals surface area contributed by atoms with Crippen molar-refractivity contribution < 1.29 is 4.74 Å². The maximum Gasteiger partial charge on any atom is 0.124 e. The summed E-state index contributed by atoms with van der Waals surface area (Å²) in [5.74, 6) is 0.267. The smallest absolute Gasteiger partial charge is 0.124 e. The lowest BCUT2D eigenvalue weighted by molar-refractivity contribution is 0.0849. The minimum absolute atomic E-state index is 0.267. The molecule has 1 aromatic heterocycles. The molecule has 0 amide bonds. The largest absolute Gasteiger partial charge is 0.399 e. The van der Waals surface area contributed by atoms with E-state index >= 15 is 0 Å². The number of nitrogen functional groups attached to an aromatic ring is 1. The molecule has 0 fully saturated rings. The molecular weight excluding hydrogens is 314 g/mol. The fraction of sp³-hybridized carbons (Fsp3) is 0.526. The summed E-state index contributed by atoms with van der Waals surface area (Å²) < 4.78 is 8.09. The number of benzene rings is 1. The first kappa shape index (κ1) is 18.7. The Hall–Kier alpha value is -1.59. The average Bonchev–Trinajstić information content (AvgIpc) is 2.93. The Balaban J connectivity index is 2.13. The highest BCUT2D eigenvalue weighted by Crippen LogP contribution is 2.27. The molecule has 132 valence electrons. The predicted octanol–water partition coefficient (Wildman–Crippen LogP) is 4.49. The van der Waals surface area contributed by atoms with Crippen molar-refractivity contribution >= 4 is 13.8 Å². The second-order valence-corrected chi connectivity index (χ2v) is 13.3. The Labute approximate surface area is 147 Å². The SMILES string of the molecule is CCc1ncn(COCC[Si](C)(C)C)c1[C@@H](C)c1ccc(N)cc1. The minimum atomic E-state index is -1.05. The minimum Gasteiger partial charge on any atom is -0.399 e. The molecule has 5 heteroatoms. The van der Waals surface area contributed by atoms with Gasteiger partial charge in [-0.1, -0.05) is 45.6 Å². The lowest BCUT2D eigenvalue weighted by atomic mass is 9.95. The van der Waals surface area contributed by atoms with E-state index in [0.717, 1.165) is 24.4 Å². The summed E-state index contributed by atoms with van der Waals surface area (Å²) in [6.45, 7) is 12.9. The van der Waals surface area contributed by atoms with Crippen LogP contribution in [0.3, 0.4) is 0 Å². The lowest BCUT2D eigenvalue weighted by Crippen LogP contribution is -2.22. The Bertz CT molecular complexity index is 644. The topological polar surface area (TPSA) is 53.1 Å². The number of anilines is 1. The molecule has 0 saturated heterocycles. The summed E-state index contributed by atoms with van der Waals surface area (Å²) in [4.78, 5) is 4.59. The van der Waals surface area contributed by atoms with Crippen LogP contribution in [0.2, 0.25) is 25.7 Å². The number of hydrogen-bond donors (Lipinski definition) is 1. The fourth-order valence-corrected chi connectivity index (χ4v) is 3.55. The summed E-state index contributed by atoms with van der Waals surface area (Å²) in [5, 5.41) is 0. The maximum absolute atomic E-state index is 5.94. The number of rotatable bonds is 8. The molecule has 2 rings (SSSR count). The van der Waals surface area contributed by atoms with Gasteiger partial charge in [0.2, 0.25) is 0 Å². The van der Waals surface area contributed by atoms with E-state index < -0.39 is 8.07 Å². The van der Waals surface area contributed by atoms with Gasteiger partial charge < -0.3 is 15.0 Å². The van der Waals surface area contributed by atoms with E-state index in [-0.39, 0.29) is 5.92 Å². The van der Waals surface area contributed by atoms with Gasteiger partial charge in [-0.2, -0.15) is 0 Å². The summed E-state index contributed by atoms with van der Waals surface area (Å²) >= 11 is 0. The van der Waals surface area contributed by atoms with E-state index in [2.05, 4.69) is 55.2 Å². The number of nitrogens with two attached hydrogens (primary N) is 1. The summed E-state index contributed by atoms with van der Waals surface area (Å²) in [7, 11) is -1.05. The number of nitrogens with zero attached hydrogens (tertiary/aromatic N) is 2. The standard InChI is InChI=1S/C19H31N3OSi/c1-6-18-19(15(2)16-7-9-17(20)10-8-16)22(13-21-18)14-23-11-12-24(3,4)5/h7-10,13,15H,6,11-12,14,20H2,1-5H3/t15-/m0/s1. The monoisotopic (exact) mass is 345 g/mol. The van der Waals surface area contributed by atoms with Crippen LogP contribution >= 0.6 is 0 Å². The van der Waals surface area contributed by atoms with Crippen molar-refractivity contribution in [2.24, 2.45) is 0 Å². The van der Waals surface area contributed by atoms with Crippen LogP contribution in [0.15, 0.2) is 30.6 Å². The highest BCUT2D eigenvalue weighted by Gasteiger charge is 2.19. The lowest BCUT2D eigenvalue weighted by Gasteiger charge is -2.19. The van der Waals surface area contributed by atoms with Gasteiger partial charge in [0.1, 0.15) is 6.73 Å². The molecule has 0 bridgehead atoms. The van der Waals surface area contributed by atoms with E-state index in [1.807, 2.05) is 18.5 Å². The van der Waals surface area contributed by atoms with Crippen molar-refractivity contribution in [3.05, 3.63) is 47.5 Å². The predicted molar refractivity (Wildman–Crippen MR) is 104 cm³/mol. The normalized spacial score (nSPS) is 13.2. The number of imidazole rings is 1. The van der Waals surface area contributed by atoms with Crippen LogP contribution in [0.25, 0.3) is 0 Å². The van der Waals surface area contributed by atoms with E-state index in [4.69, 9.17) is 10.5 Å². The highest BCUT2D eigenvalue weighted by atomic mass is 28.3. The molecule has 0 aliphatic heterocycles. The van der Waals surface area contributed by atoms with Crippen LogP contribution in [-0.2, 0) is 17.9 Å². The number of ether oxygens (including phenoxy) is 1. The zero-order valence-corrected chi connectivity index (χ0v) is 16.7. The molecular formula is C19H31N3OSi. The van der Waals surface area contributed by atoms with Crippen LogP contribution in [-0.4, -0.2) is 24.2 Å². The van der Waals surface area contributed by atoms with E-state index in [0.29, 0.717) is 6.73 Å². The van der Waals surface area contributed by atoms with Crippen molar-refractivity contribution in [1.82, 2.24) is 9.55 Å². The molecule has 4 nitrogen and oxygen atoms in total. The average molecular weight is 346 g/mol. The second kappa shape index (κ2) is 7.99. The molecule has 1 heterocycles. The van der Waals surface area contributed by atoms with Crippen LogP contribution in [0.1, 0.15) is 36.7 Å². The number of aryl methyl sites for hydroxylation is 1. The van der Waals surface area contributed by atoms with Gasteiger partial charge in [-0.05, 0) is 30.2 Å². The Morgan fingerprint density at radius 1 is 1.21 bits per heavy atom. The first-order chi connectivity index (χ1) is 11.3. The first-order valence-corrected chi connectivity index (χ1v) is 12.5. The van der Waals surface area contributed by atoms with Crippen molar-refractivity contribution in [3.8, 4) is 0 Å². The molecule has 2 N–H and O–H groups in total. The molecule has 1 atom stereocenters. The Kier molecular flexibility index (Phi) is 6.24. The van der Waals surface area contributed by atoms with Gasteiger partial charge in [0.15, 0.2) is 0 Å². The van der Waals surface area contributed by atoms with Gasteiger partial charge in [0.05, 0.1) is 12.0 Å². The number of hydrogen-bond acceptors (Lipinski definition) is 3. The van der Waals surface area contributed by atoms with Gasteiger partial charge in [0, 0.05) is 32.0 Å². The van der Waals surface area contributed by atoms with Gasteiger partial charge in [-0.15, -0.1) is 0 Å². The van der Waals surface area contributed by atoms with Crippen LogP contribution < -0.4 is 5.73 Å². The van der Waals surface area contributed by atoms with E-state index in [9.17, 15) is 0 Å². The third-order valence-electron chi connectivity index (χ3n) is 4.37. The summed E-state index contributed by atoms with van der Waals surface area (Å²) in [5.41, 5.74) is 10.3. The zero-order valence-electron chi connectivity index (χ0n) is 15.7. The zero-order chi connectivity index (χ0) is 17.7.